The second kappa shape index (κ2) is 6.02. The molecule has 88 valence electrons. The molecule has 16 heavy (non-hydrogen) atoms. The summed E-state index contributed by atoms with van der Waals surface area (Å²) < 4.78 is 0. The Kier molecular flexibility index (Phi) is 4.37. The van der Waals surface area contributed by atoms with Crippen LogP contribution < -0.4 is 0 Å². The van der Waals surface area contributed by atoms with Crippen LogP contribution in [0.1, 0.15) is 12.8 Å². The predicted octanol–water partition coefficient (Wildman–Crippen LogP) is 2.07. The third-order valence-electron chi connectivity index (χ3n) is 3.29. The van der Waals surface area contributed by atoms with E-state index in [1.807, 2.05) is 0 Å². The van der Waals surface area contributed by atoms with Crippen molar-refractivity contribution in [1.29, 1.82) is 0 Å². The van der Waals surface area contributed by atoms with Crippen LogP contribution in [0.25, 0.3) is 0 Å². The van der Waals surface area contributed by atoms with Crippen molar-refractivity contribution < 1.29 is 0 Å². The Morgan fingerprint density at radius 3 is 2.69 bits per heavy atom. The summed E-state index contributed by atoms with van der Waals surface area (Å²) in [6, 6.07) is 0. The van der Waals surface area contributed by atoms with Gasteiger partial charge in [0.15, 0.2) is 0 Å². The fourth-order valence-corrected chi connectivity index (χ4v) is 2.13. The molecule has 2 rings (SSSR count). The summed E-state index contributed by atoms with van der Waals surface area (Å²) in [5.74, 6) is 0. The average Bonchev–Trinajstić information content (AvgIpc) is 2.33. The number of hydrogen-bond donors (Lipinski definition) is 0. The van der Waals surface area contributed by atoms with Gasteiger partial charge in [-0.05, 0) is 25.5 Å². The molecular weight excluding hydrogens is 196 g/mol. The largest absolute Gasteiger partial charge is 0.304 e. The van der Waals surface area contributed by atoms with Gasteiger partial charge in [0, 0.05) is 32.7 Å². The van der Waals surface area contributed by atoms with Crippen molar-refractivity contribution in [2.75, 3.05) is 39.8 Å². The van der Waals surface area contributed by atoms with Crippen LogP contribution in [-0.4, -0.2) is 49.6 Å². The molecule has 2 heteroatoms. The van der Waals surface area contributed by atoms with E-state index in [4.69, 9.17) is 0 Å². The maximum Gasteiger partial charge on any atom is 0.0167 e. The van der Waals surface area contributed by atoms with Gasteiger partial charge in [0.2, 0.25) is 0 Å². The Hall–Kier alpha value is -0.860. The van der Waals surface area contributed by atoms with Crippen LogP contribution in [-0.2, 0) is 0 Å². The summed E-state index contributed by atoms with van der Waals surface area (Å²) >= 11 is 0. The third-order valence-corrected chi connectivity index (χ3v) is 3.29. The van der Waals surface area contributed by atoms with E-state index in [9.17, 15) is 0 Å². The maximum atomic E-state index is 2.52. The molecule has 1 saturated heterocycles. The monoisotopic (exact) mass is 218 g/mol. The molecule has 0 radical (unpaired) electrons. The topological polar surface area (TPSA) is 6.48 Å². The minimum absolute atomic E-state index is 1.10. The first kappa shape index (κ1) is 11.6. The quantitative estimate of drug-likeness (QED) is 0.715. The Morgan fingerprint density at radius 1 is 1.19 bits per heavy atom. The van der Waals surface area contributed by atoms with Gasteiger partial charge in [-0.2, -0.15) is 0 Å². The lowest BCUT2D eigenvalue weighted by Gasteiger charge is -2.31. The molecule has 1 aliphatic carbocycles. The van der Waals surface area contributed by atoms with Gasteiger partial charge < -0.3 is 4.90 Å². The van der Waals surface area contributed by atoms with Gasteiger partial charge in [0.25, 0.3) is 0 Å². The van der Waals surface area contributed by atoms with Gasteiger partial charge in [-0.15, -0.1) is 0 Å². The van der Waals surface area contributed by atoms with Gasteiger partial charge in [-0.25, -0.2) is 0 Å². The van der Waals surface area contributed by atoms with Crippen molar-refractivity contribution in [3.05, 3.63) is 36.0 Å². The Morgan fingerprint density at radius 2 is 2.00 bits per heavy atom. The van der Waals surface area contributed by atoms with Gasteiger partial charge in [-0.3, -0.25) is 4.90 Å². The third kappa shape index (κ3) is 3.62. The summed E-state index contributed by atoms with van der Waals surface area (Å²) in [5.41, 5.74) is 1.38. The second-order valence-corrected chi connectivity index (χ2v) is 4.69. The van der Waals surface area contributed by atoms with Gasteiger partial charge in [0.1, 0.15) is 0 Å². The molecule has 1 heterocycles. The minimum atomic E-state index is 1.10. The Balaban J connectivity index is 1.72. The number of hydrogen-bond acceptors (Lipinski definition) is 2. The molecule has 1 fully saturated rings. The molecule has 0 aromatic rings. The standard InChI is InChI=1S/C14H22N2/c1-15-10-12-16(13-11-15)9-5-8-14-6-3-2-4-7-14/h3,5-8H,2,4,9-13H2,1H3/b8-5+. The van der Waals surface area contributed by atoms with E-state index in [2.05, 4.69) is 47.2 Å². The molecule has 0 unspecified atom stereocenters. The predicted molar refractivity (Wildman–Crippen MR) is 69.5 cm³/mol. The zero-order valence-corrected chi connectivity index (χ0v) is 10.2. The fraction of sp³-hybridized carbons (Fsp3) is 0.571. The van der Waals surface area contributed by atoms with Gasteiger partial charge in [-0.1, -0.05) is 30.4 Å². The molecule has 2 nitrogen and oxygen atoms in total. The SMILES string of the molecule is CN1CCN(C/C=C/C2=CCCC=C2)CC1. The fourth-order valence-electron chi connectivity index (χ4n) is 2.13. The highest BCUT2D eigenvalue weighted by Gasteiger charge is 2.11. The van der Waals surface area contributed by atoms with E-state index in [1.165, 1.54) is 44.6 Å². The summed E-state index contributed by atoms with van der Waals surface area (Å²) in [6.45, 7) is 5.91. The number of likely N-dealkylation sites (N-methyl/N-ethyl adjacent to an activating group) is 1. The lowest BCUT2D eigenvalue weighted by atomic mass is 10.1. The van der Waals surface area contributed by atoms with Gasteiger partial charge in [0.05, 0.1) is 0 Å². The molecule has 2 aliphatic rings. The van der Waals surface area contributed by atoms with Crippen LogP contribution in [0.4, 0.5) is 0 Å². The summed E-state index contributed by atoms with van der Waals surface area (Å²) in [5, 5.41) is 0. The molecule has 0 amide bonds. The van der Waals surface area contributed by atoms with E-state index >= 15 is 0 Å². The van der Waals surface area contributed by atoms with Crippen molar-refractivity contribution >= 4 is 0 Å². The van der Waals surface area contributed by atoms with E-state index in [0.717, 1.165) is 6.54 Å². The lowest BCUT2D eigenvalue weighted by Crippen LogP contribution is -2.44. The lowest BCUT2D eigenvalue weighted by molar-refractivity contribution is 0.166. The molecule has 0 aromatic carbocycles. The van der Waals surface area contributed by atoms with E-state index in [-0.39, 0.29) is 0 Å². The molecule has 0 bridgehead atoms. The van der Waals surface area contributed by atoms with E-state index in [1.54, 1.807) is 0 Å². The summed E-state index contributed by atoms with van der Waals surface area (Å²) in [4.78, 5) is 4.91. The highest BCUT2D eigenvalue weighted by molar-refractivity contribution is 5.32. The first-order chi connectivity index (χ1) is 7.84. The molecular formula is C14H22N2. The summed E-state index contributed by atoms with van der Waals surface area (Å²) in [7, 11) is 2.20. The molecule has 0 atom stereocenters. The molecule has 0 spiro atoms. The van der Waals surface area contributed by atoms with E-state index < -0.39 is 0 Å². The first-order valence-corrected chi connectivity index (χ1v) is 6.29. The zero-order chi connectivity index (χ0) is 11.2. The molecule has 1 aliphatic heterocycles. The number of nitrogens with zero attached hydrogens (tertiary/aromatic N) is 2. The van der Waals surface area contributed by atoms with Crippen molar-refractivity contribution in [3.63, 3.8) is 0 Å². The highest BCUT2D eigenvalue weighted by Crippen LogP contribution is 2.10. The number of piperazine rings is 1. The first-order valence-electron chi connectivity index (χ1n) is 6.29. The normalized spacial score (nSPS) is 23.9. The van der Waals surface area contributed by atoms with Crippen molar-refractivity contribution in [2.45, 2.75) is 12.8 Å². The smallest absolute Gasteiger partial charge is 0.0167 e. The van der Waals surface area contributed by atoms with Gasteiger partial charge >= 0.3 is 0 Å². The van der Waals surface area contributed by atoms with Crippen LogP contribution in [0.15, 0.2) is 36.0 Å². The highest BCUT2D eigenvalue weighted by atomic mass is 15.2. The number of rotatable bonds is 3. The average molecular weight is 218 g/mol. The van der Waals surface area contributed by atoms with Crippen molar-refractivity contribution in [1.82, 2.24) is 9.80 Å². The number of allylic oxidation sites excluding steroid dienone is 5. The van der Waals surface area contributed by atoms with Crippen molar-refractivity contribution in [3.8, 4) is 0 Å². The molecule has 0 N–H and O–H groups in total. The molecule has 0 aromatic heterocycles. The molecule has 0 saturated carbocycles. The maximum absolute atomic E-state index is 2.52. The van der Waals surface area contributed by atoms with Crippen LogP contribution in [0.3, 0.4) is 0 Å². The second-order valence-electron chi connectivity index (χ2n) is 4.69. The van der Waals surface area contributed by atoms with Crippen LogP contribution >= 0.6 is 0 Å². The minimum Gasteiger partial charge on any atom is -0.304 e. The van der Waals surface area contributed by atoms with E-state index in [0.29, 0.717) is 0 Å². The van der Waals surface area contributed by atoms with Crippen LogP contribution in [0.2, 0.25) is 0 Å². The Bertz CT molecular complexity index is 294. The summed E-state index contributed by atoms with van der Waals surface area (Å²) in [6.07, 6.45) is 13.8. The van der Waals surface area contributed by atoms with Crippen LogP contribution in [0.5, 0.6) is 0 Å². The Labute approximate surface area is 98.9 Å². The van der Waals surface area contributed by atoms with Crippen molar-refractivity contribution in [2.24, 2.45) is 0 Å². The zero-order valence-electron chi connectivity index (χ0n) is 10.2. The van der Waals surface area contributed by atoms with Crippen LogP contribution in [0, 0.1) is 0 Å².